The molecular weight excluding hydrogens is 232 g/mol. The Morgan fingerprint density at radius 1 is 1.39 bits per heavy atom. The van der Waals surface area contributed by atoms with Crippen LogP contribution < -0.4 is 0 Å². The van der Waals surface area contributed by atoms with Crippen molar-refractivity contribution in [3.8, 4) is 0 Å². The first kappa shape index (κ1) is 12.3. The van der Waals surface area contributed by atoms with Gasteiger partial charge >= 0.3 is 6.09 Å². The van der Waals surface area contributed by atoms with E-state index in [9.17, 15) is 9.59 Å². The van der Waals surface area contributed by atoms with Gasteiger partial charge in [0.05, 0.1) is 11.0 Å². The SMILES string of the molecule is CC(C)(C)OC(=O)n1cnc2c(C=O)cccc21. The molecule has 0 aliphatic heterocycles. The number of para-hydroxylation sites is 1. The predicted molar refractivity (Wildman–Crippen MR) is 66.8 cm³/mol. The Hall–Kier alpha value is -2.17. The molecular formula is C13H14N2O3. The van der Waals surface area contributed by atoms with Gasteiger partial charge in [0.25, 0.3) is 0 Å². The third kappa shape index (κ3) is 2.25. The van der Waals surface area contributed by atoms with Crippen molar-refractivity contribution >= 4 is 23.4 Å². The molecule has 2 rings (SSSR count). The number of carbonyl (C=O) groups is 2. The van der Waals surface area contributed by atoms with E-state index in [1.165, 1.54) is 10.9 Å². The molecule has 0 N–H and O–H groups in total. The molecule has 0 atom stereocenters. The minimum Gasteiger partial charge on any atom is -0.443 e. The summed E-state index contributed by atoms with van der Waals surface area (Å²) in [4.78, 5) is 26.9. The zero-order chi connectivity index (χ0) is 13.3. The number of ether oxygens (including phenoxy) is 1. The molecule has 5 heteroatoms. The molecule has 0 unspecified atom stereocenters. The van der Waals surface area contributed by atoms with Crippen LogP contribution in [0, 0.1) is 0 Å². The van der Waals surface area contributed by atoms with Gasteiger partial charge in [-0.25, -0.2) is 14.3 Å². The van der Waals surface area contributed by atoms with Crippen molar-refractivity contribution in [1.82, 2.24) is 9.55 Å². The molecule has 0 fully saturated rings. The minimum absolute atomic E-state index is 0.454. The summed E-state index contributed by atoms with van der Waals surface area (Å²) in [6, 6.07) is 5.08. The minimum atomic E-state index is -0.573. The Morgan fingerprint density at radius 2 is 2.11 bits per heavy atom. The van der Waals surface area contributed by atoms with E-state index in [-0.39, 0.29) is 0 Å². The van der Waals surface area contributed by atoms with Gasteiger partial charge in [-0.15, -0.1) is 0 Å². The third-order valence-corrected chi connectivity index (χ3v) is 2.32. The van der Waals surface area contributed by atoms with Crippen LogP contribution in [0.5, 0.6) is 0 Å². The van der Waals surface area contributed by atoms with Crippen molar-refractivity contribution in [2.24, 2.45) is 0 Å². The molecule has 2 aromatic rings. The van der Waals surface area contributed by atoms with E-state index in [0.29, 0.717) is 16.6 Å². The maximum absolute atomic E-state index is 11.9. The zero-order valence-corrected chi connectivity index (χ0v) is 10.5. The highest BCUT2D eigenvalue weighted by molar-refractivity contribution is 5.97. The Bertz CT molecular complexity index is 608. The van der Waals surface area contributed by atoms with Crippen LogP contribution >= 0.6 is 0 Å². The lowest BCUT2D eigenvalue weighted by molar-refractivity contribution is 0.0543. The maximum atomic E-state index is 11.9. The fourth-order valence-electron chi connectivity index (χ4n) is 1.61. The van der Waals surface area contributed by atoms with Gasteiger partial charge in [0.1, 0.15) is 11.9 Å². The molecule has 0 saturated heterocycles. The highest BCUT2D eigenvalue weighted by atomic mass is 16.6. The van der Waals surface area contributed by atoms with E-state index in [1.807, 2.05) is 0 Å². The van der Waals surface area contributed by atoms with Gasteiger partial charge < -0.3 is 4.74 Å². The van der Waals surface area contributed by atoms with Gasteiger partial charge in [0, 0.05) is 5.56 Å². The number of benzene rings is 1. The number of rotatable bonds is 1. The summed E-state index contributed by atoms with van der Waals surface area (Å²) in [5.41, 5.74) is 0.942. The first-order valence-corrected chi connectivity index (χ1v) is 5.57. The van der Waals surface area contributed by atoms with Crippen LogP contribution in [-0.2, 0) is 4.74 Å². The zero-order valence-electron chi connectivity index (χ0n) is 10.5. The summed E-state index contributed by atoms with van der Waals surface area (Å²) in [5.74, 6) is 0. The summed E-state index contributed by atoms with van der Waals surface area (Å²) < 4.78 is 6.56. The highest BCUT2D eigenvalue weighted by Gasteiger charge is 2.19. The Labute approximate surface area is 104 Å². The second-order valence-corrected chi connectivity index (χ2v) is 4.93. The van der Waals surface area contributed by atoms with Gasteiger partial charge in [-0.1, -0.05) is 6.07 Å². The van der Waals surface area contributed by atoms with Gasteiger partial charge in [-0.3, -0.25) is 4.79 Å². The average Bonchev–Trinajstić information content (AvgIpc) is 2.69. The van der Waals surface area contributed by atoms with Crippen molar-refractivity contribution in [2.45, 2.75) is 26.4 Å². The van der Waals surface area contributed by atoms with Gasteiger partial charge in [-0.05, 0) is 32.9 Å². The Balaban J connectivity index is 2.47. The summed E-state index contributed by atoms with van der Waals surface area (Å²) in [6.45, 7) is 5.38. The first-order chi connectivity index (χ1) is 8.42. The van der Waals surface area contributed by atoms with Gasteiger partial charge in [0.2, 0.25) is 0 Å². The standard InChI is InChI=1S/C13H14N2O3/c1-13(2,3)18-12(17)15-8-14-11-9(7-16)5-4-6-10(11)15/h4-8H,1-3H3. The number of imidazole rings is 1. The number of hydrogen-bond donors (Lipinski definition) is 0. The fraction of sp³-hybridized carbons (Fsp3) is 0.308. The molecule has 1 aromatic heterocycles. The second kappa shape index (κ2) is 4.25. The lowest BCUT2D eigenvalue weighted by Gasteiger charge is -2.19. The van der Waals surface area contributed by atoms with Crippen molar-refractivity contribution in [2.75, 3.05) is 0 Å². The summed E-state index contributed by atoms with van der Waals surface area (Å²) in [6.07, 6.45) is 1.58. The number of aldehydes is 1. The van der Waals surface area contributed by atoms with Crippen LogP contribution in [0.3, 0.4) is 0 Å². The molecule has 1 heterocycles. The Morgan fingerprint density at radius 3 is 2.72 bits per heavy atom. The first-order valence-electron chi connectivity index (χ1n) is 5.57. The molecule has 0 saturated carbocycles. The van der Waals surface area contributed by atoms with E-state index < -0.39 is 11.7 Å². The highest BCUT2D eigenvalue weighted by Crippen LogP contribution is 2.18. The van der Waals surface area contributed by atoms with Crippen LogP contribution in [-0.4, -0.2) is 27.5 Å². The normalized spacial score (nSPS) is 11.5. The lowest BCUT2D eigenvalue weighted by atomic mass is 10.2. The molecule has 0 aliphatic rings. The smallest absolute Gasteiger partial charge is 0.420 e. The molecule has 0 bridgehead atoms. The van der Waals surface area contributed by atoms with E-state index in [4.69, 9.17) is 4.74 Å². The van der Waals surface area contributed by atoms with Crippen LogP contribution in [0.1, 0.15) is 31.1 Å². The largest absolute Gasteiger partial charge is 0.443 e. The molecule has 18 heavy (non-hydrogen) atoms. The quantitative estimate of drug-likeness (QED) is 0.726. The molecule has 0 radical (unpaired) electrons. The second-order valence-electron chi connectivity index (χ2n) is 4.93. The van der Waals surface area contributed by atoms with Crippen LogP contribution in [0.4, 0.5) is 4.79 Å². The van der Waals surface area contributed by atoms with Crippen LogP contribution in [0.25, 0.3) is 11.0 Å². The van der Waals surface area contributed by atoms with E-state index in [0.717, 1.165) is 6.29 Å². The van der Waals surface area contributed by atoms with Gasteiger partial charge in [0.15, 0.2) is 6.29 Å². The van der Waals surface area contributed by atoms with E-state index >= 15 is 0 Å². The molecule has 5 nitrogen and oxygen atoms in total. The van der Waals surface area contributed by atoms with Crippen molar-refractivity contribution < 1.29 is 14.3 Å². The number of fused-ring (bicyclic) bond motifs is 1. The van der Waals surface area contributed by atoms with Crippen molar-refractivity contribution in [3.63, 3.8) is 0 Å². The van der Waals surface area contributed by atoms with Crippen molar-refractivity contribution in [1.29, 1.82) is 0 Å². The molecule has 0 amide bonds. The fourth-order valence-corrected chi connectivity index (χ4v) is 1.61. The van der Waals surface area contributed by atoms with Gasteiger partial charge in [-0.2, -0.15) is 0 Å². The van der Waals surface area contributed by atoms with Crippen LogP contribution in [0.2, 0.25) is 0 Å². The number of aromatic nitrogens is 2. The number of carbonyl (C=O) groups excluding carboxylic acids is 2. The predicted octanol–water partition coefficient (Wildman–Crippen LogP) is 2.63. The summed E-state index contributed by atoms with van der Waals surface area (Å²) in [5, 5.41) is 0. The van der Waals surface area contributed by atoms with Crippen molar-refractivity contribution in [3.05, 3.63) is 30.1 Å². The average molecular weight is 246 g/mol. The van der Waals surface area contributed by atoms with E-state index in [1.54, 1.807) is 39.0 Å². The molecule has 1 aromatic carbocycles. The summed E-state index contributed by atoms with van der Waals surface area (Å²) >= 11 is 0. The van der Waals surface area contributed by atoms with E-state index in [2.05, 4.69) is 4.98 Å². The summed E-state index contributed by atoms with van der Waals surface area (Å²) in [7, 11) is 0. The molecule has 0 spiro atoms. The molecule has 0 aliphatic carbocycles. The Kier molecular flexibility index (Phi) is 2.90. The topological polar surface area (TPSA) is 61.2 Å². The lowest BCUT2D eigenvalue weighted by Crippen LogP contribution is -2.26. The molecule has 94 valence electrons. The number of nitrogens with zero attached hydrogens (tertiary/aromatic N) is 2. The maximum Gasteiger partial charge on any atom is 0.420 e. The number of hydrogen-bond acceptors (Lipinski definition) is 4. The third-order valence-electron chi connectivity index (χ3n) is 2.32. The monoisotopic (exact) mass is 246 g/mol. The van der Waals surface area contributed by atoms with Crippen LogP contribution in [0.15, 0.2) is 24.5 Å².